The van der Waals surface area contributed by atoms with Crippen molar-refractivity contribution >= 4 is 22.9 Å². The standard InChI is InChI=1S/C16H24N2O3S/c1-11-5-6-12(21-11)14(16(2,3)4)17-13(19)7-8-18-9-10-22-15(18)20/h5-6,14H,7-10H2,1-4H3,(H,17,19)/t14-/m1/s1. The highest BCUT2D eigenvalue weighted by molar-refractivity contribution is 8.13. The zero-order valence-corrected chi connectivity index (χ0v) is 14.5. The van der Waals surface area contributed by atoms with Crippen LogP contribution in [0, 0.1) is 12.3 Å². The van der Waals surface area contributed by atoms with Crippen LogP contribution in [0.2, 0.25) is 0 Å². The van der Waals surface area contributed by atoms with Crippen molar-refractivity contribution in [1.29, 1.82) is 0 Å². The summed E-state index contributed by atoms with van der Waals surface area (Å²) in [4.78, 5) is 25.5. The molecule has 1 N–H and O–H groups in total. The quantitative estimate of drug-likeness (QED) is 0.902. The number of nitrogens with one attached hydrogen (secondary N) is 1. The highest BCUT2D eigenvalue weighted by Gasteiger charge is 2.30. The van der Waals surface area contributed by atoms with Crippen LogP contribution >= 0.6 is 11.8 Å². The van der Waals surface area contributed by atoms with E-state index in [1.807, 2.05) is 19.1 Å². The minimum absolute atomic E-state index is 0.0568. The first-order valence-electron chi connectivity index (χ1n) is 7.55. The molecule has 0 saturated carbocycles. The first-order valence-corrected chi connectivity index (χ1v) is 8.53. The molecule has 1 aromatic rings. The number of amides is 2. The molecule has 22 heavy (non-hydrogen) atoms. The number of hydrogen-bond acceptors (Lipinski definition) is 4. The van der Waals surface area contributed by atoms with Crippen molar-refractivity contribution in [3.8, 4) is 0 Å². The summed E-state index contributed by atoms with van der Waals surface area (Å²) in [5.74, 6) is 2.36. The van der Waals surface area contributed by atoms with Crippen LogP contribution in [0.4, 0.5) is 4.79 Å². The summed E-state index contributed by atoms with van der Waals surface area (Å²) in [6, 6.07) is 3.63. The van der Waals surface area contributed by atoms with Crippen molar-refractivity contribution in [3.63, 3.8) is 0 Å². The number of aryl methyl sites for hydroxylation is 1. The van der Waals surface area contributed by atoms with E-state index < -0.39 is 0 Å². The molecule has 2 rings (SSSR count). The molecule has 2 heterocycles. The van der Waals surface area contributed by atoms with Gasteiger partial charge in [0.05, 0.1) is 6.04 Å². The zero-order valence-electron chi connectivity index (χ0n) is 13.6. The second kappa shape index (κ2) is 6.77. The van der Waals surface area contributed by atoms with Crippen LogP contribution in [0.25, 0.3) is 0 Å². The van der Waals surface area contributed by atoms with Gasteiger partial charge >= 0.3 is 0 Å². The van der Waals surface area contributed by atoms with E-state index in [-0.39, 0.29) is 22.6 Å². The lowest BCUT2D eigenvalue weighted by molar-refractivity contribution is -0.123. The van der Waals surface area contributed by atoms with E-state index in [1.54, 1.807) is 4.90 Å². The molecule has 1 atom stereocenters. The highest BCUT2D eigenvalue weighted by Crippen LogP contribution is 2.33. The second-order valence-electron chi connectivity index (χ2n) is 6.67. The van der Waals surface area contributed by atoms with Crippen molar-refractivity contribution in [3.05, 3.63) is 23.7 Å². The molecule has 0 unspecified atom stereocenters. The summed E-state index contributed by atoms with van der Waals surface area (Å²) in [6.45, 7) is 9.30. The lowest BCUT2D eigenvalue weighted by Crippen LogP contribution is -2.38. The number of furan rings is 1. The molecule has 122 valence electrons. The van der Waals surface area contributed by atoms with Gasteiger partial charge in [-0.05, 0) is 24.5 Å². The number of hydrogen-bond donors (Lipinski definition) is 1. The van der Waals surface area contributed by atoms with Crippen molar-refractivity contribution in [1.82, 2.24) is 10.2 Å². The normalized spacial score (nSPS) is 16.9. The molecule has 0 aliphatic carbocycles. The number of nitrogens with zero attached hydrogens (tertiary/aromatic N) is 1. The third-order valence-electron chi connectivity index (χ3n) is 3.67. The summed E-state index contributed by atoms with van der Waals surface area (Å²) in [7, 11) is 0. The maximum Gasteiger partial charge on any atom is 0.281 e. The molecule has 0 aromatic carbocycles. The summed E-state index contributed by atoms with van der Waals surface area (Å²) >= 11 is 1.32. The average Bonchev–Trinajstić information content (AvgIpc) is 3.01. The Kier molecular flexibility index (Phi) is 5.21. The van der Waals surface area contributed by atoms with Gasteiger partial charge in [0, 0.05) is 25.3 Å². The largest absolute Gasteiger partial charge is 0.464 e. The van der Waals surface area contributed by atoms with Crippen LogP contribution in [0.5, 0.6) is 0 Å². The topological polar surface area (TPSA) is 62.6 Å². The fraction of sp³-hybridized carbons (Fsp3) is 0.625. The molecule has 1 fully saturated rings. The monoisotopic (exact) mass is 324 g/mol. The first-order chi connectivity index (χ1) is 10.3. The van der Waals surface area contributed by atoms with Gasteiger partial charge in [0.25, 0.3) is 5.24 Å². The molecule has 1 saturated heterocycles. The maximum atomic E-state index is 12.2. The Morgan fingerprint density at radius 3 is 2.68 bits per heavy atom. The van der Waals surface area contributed by atoms with Crippen LogP contribution < -0.4 is 5.32 Å². The van der Waals surface area contributed by atoms with E-state index in [0.717, 1.165) is 23.8 Å². The molecule has 1 aliphatic rings. The lowest BCUT2D eigenvalue weighted by atomic mass is 9.85. The van der Waals surface area contributed by atoms with Crippen LogP contribution in [0.15, 0.2) is 16.5 Å². The first kappa shape index (κ1) is 16.9. The molecule has 2 amide bonds. The summed E-state index contributed by atoms with van der Waals surface area (Å²) < 4.78 is 5.69. The lowest BCUT2D eigenvalue weighted by Gasteiger charge is -2.30. The van der Waals surface area contributed by atoms with E-state index in [9.17, 15) is 9.59 Å². The Morgan fingerprint density at radius 2 is 2.18 bits per heavy atom. The summed E-state index contributed by atoms with van der Waals surface area (Å²) in [5.41, 5.74) is -0.154. The second-order valence-corrected chi connectivity index (χ2v) is 7.71. The minimum Gasteiger partial charge on any atom is -0.464 e. The summed E-state index contributed by atoms with van der Waals surface area (Å²) in [6.07, 6.45) is 0.318. The average molecular weight is 324 g/mol. The Hall–Kier alpha value is -1.43. The molecule has 0 radical (unpaired) electrons. The van der Waals surface area contributed by atoms with E-state index in [0.29, 0.717) is 13.0 Å². The highest BCUT2D eigenvalue weighted by atomic mass is 32.2. The predicted molar refractivity (Wildman–Crippen MR) is 87.8 cm³/mol. The SMILES string of the molecule is Cc1ccc([C@@H](NC(=O)CCN2CCSC2=O)C(C)(C)C)o1. The molecular weight excluding hydrogens is 300 g/mol. The summed E-state index contributed by atoms with van der Waals surface area (Å²) in [5, 5.41) is 3.12. The molecule has 0 spiro atoms. The van der Waals surface area contributed by atoms with Crippen LogP contribution in [0.3, 0.4) is 0 Å². The molecule has 1 aromatic heterocycles. The molecule has 1 aliphatic heterocycles. The number of carbonyl (C=O) groups excluding carboxylic acids is 2. The number of carbonyl (C=O) groups is 2. The van der Waals surface area contributed by atoms with E-state index >= 15 is 0 Å². The zero-order chi connectivity index (χ0) is 16.3. The van der Waals surface area contributed by atoms with Gasteiger partial charge in [-0.25, -0.2) is 0 Å². The molecule has 5 nitrogen and oxygen atoms in total. The predicted octanol–water partition coefficient (Wildman–Crippen LogP) is 3.35. The van der Waals surface area contributed by atoms with Gasteiger partial charge in [-0.3, -0.25) is 9.59 Å². The van der Waals surface area contributed by atoms with Gasteiger partial charge in [-0.2, -0.15) is 0 Å². The van der Waals surface area contributed by atoms with Gasteiger partial charge < -0.3 is 14.6 Å². The maximum absolute atomic E-state index is 12.2. The van der Waals surface area contributed by atoms with Crippen molar-refractivity contribution in [2.75, 3.05) is 18.8 Å². The molecule has 0 bridgehead atoms. The number of rotatable bonds is 5. The molecule has 6 heteroatoms. The van der Waals surface area contributed by atoms with Crippen molar-refractivity contribution in [2.45, 2.75) is 40.2 Å². The third kappa shape index (κ3) is 4.29. The van der Waals surface area contributed by atoms with Crippen LogP contribution in [-0.2, 0) is 4.79 Å². The van der Waals surface area contributed by atoms with Crippen LogP contribution in [0.1, 0.15) is 44.8 Å². The molecular formula is C16H24N2O3S. The van der Waals surface area contributed by atoms with E-state index in [2.05, 4.69) is 26.1 Å². The Morgan fingerprint density at radius 1 is 1.45 bits per heavy atom. The fourth-order valence-electron chi connectivity index (χ4n) is 2.42. The van der Waals surface area contributed by atoms with Gasteiger partial charge in [0.2, 0.25) is 5.91 Å². The smallest absolute Gasteiger partial charge is 0.281 e. The Labute approximate surface area is 135 Å². The van der Waals surface area contributed by atoms with Crippen molar-refractivity contribution in [2.24, 2.45) is 5.41 Å². The Balaban J connectivity index is 1.95. The van der Waals surface area contributed by atoms with Gasteiger partial charge in [-0.15, -0.1) is 0 Å². The van der Waals surface area contributed by atoms with Gasteiger partial charge in [-0.1, -0.05) is 32.5 Å². The van der Waals surface area contributed by atoms with E-state index in [1.165, 1.54) is 11.8 Å². The number of thioether (sulfide) groups is 1. The fourth-order valence-corrected chi connectivity index (χ4v) is 3.27. The van der Waals surface area contributed by atoms with Gasteiger partial charge in [0.15, 0.2) is 0 Å². The third-order valence-corrected chi connectivity index (χ3v) is 4.56. The minimum atomic E-state index is -0.183. The van der Waals surface area contributed by atoms with Gasteiger partial charge in [0.1, 0.15) is 11.5 Å². The van der Waals surface area contributed by atoms with Crippen LogP contribution in [-0.4, -0.2) is 34.9 Å². The van der Waals surface area contributed by atoms with E-state index in [4.69, 9.17) is 4.42 Å². The van der Waals surface area contributed by atoms with Crippen molar-refractivity contribution < 1.29 is 14.0 Å². The Bertz CT molecular complexity index is 548.